The van der Waals surface area contributed by atoms with Crippen LogP contribution in [0.3, 0.4) is 0 Å². The van der Waals surface area contributed by atoms with Crippen LogP contribution in [0.5, 0.6) is 0 Å². The van der Waals surface area contributed by atoms with Crippen LogP contribution in [0, 0.1) is 0 Å². The van der Waals surface area contributed by atoms with Gasteiger partial charge in [-0.15, -0.1) is 0 Å². The molecular formula is C15H15Cl3N2. The van der Waals surface area contributed by atoms with E-state index in [0.29, 0.717) is 10.0 Å². The fourth-order valence-corrected chi connectivity index (χ4v) is 2.69. The molecule has 0 aliphatic carbocycles. The number of likely N-dealkylation sites (N-methyl/N-ethyl adjacent to an activating group) is 1. The van der Waals surface area contributed by atoms with Crippen LogP contribution in [0.2, 0.25) is 15.1 Å². The summed E-state index contributed by atoms with van der Waals surface area (Å²) in [7, 11) is 0. The summed E-state index contributed by atoms with van der Waals surface area (Å²) in [5, 5.41) is 5.26. The molecule has 2 rings (SSSR count). The minimum atomic E-state index is 0.0472. The summed E-state index contributed by atoms with van der Waals surface area (Å²) in [6, 6.07) is 9.56. The van der Waals surface area contributed by atoms with Crippen molar-refractivity contribution in [3.8, 4) is 0 Å². The highest BCUT2D eigenvalue weighted by Gasteiger charge is 2.16. The highest BCUT2D eigenvalue weighted by atomic mass is 35.5. The monoisotopic (exact) mass is 328 g/mol. The van der Waals surface area contributed by atoms with Gasteiger partial charge in [-0.3, -0.25) is 4.98 Å². The number of aromatic nitrogens is 1. The molecule has 1 heterocycles. The fraction of sp³-hybridized carbons (Fsp3) is 0.267. The molecular weight excluding hydrogens is 315 g/mol. The Morgan fingerprint density at radius 3 is 2.40 bits per heavy atom. The standard InChI is InChI=1S/C15H15Cl3N2/c1-2-19-14(7-10-3-5-11(16)6-4-10)15-13(18)8-12(17)9-20-15/h3-6,8-9,14,19H,2,7H2,1H3. The summed E-state index contributed by atoms with van der Waals surface area (Å²) in [4.78, 5) is 4.36. The molecule has 0 radical (unpaired) electrons. The zero-order valence-corrected chi connectivity index (χ0v) is 13.3. The number of nitrogens with zero attached hydrogens (tertiary/aromatic N) is 1. The van der Waals surface area contributed by atoms with E-state index in [1.807, 2.05) is 24.3 Å². The van der Waals surface area contributed by atoms with Crippen molar-refractivity contribution in [1.82, 2.24) is 10.3 Å². The molecule has 2 aromatic rings. The Morgan fingerprint density at radius 2 is 1.80 bits per heavy atom. The molecule has 0 fully saturated rings. The molecule has 106 valence electrons. The Bertz CT molecular complexity index is 570. The molecule has 1 aromatic heterocycles. The smallest absolute Gasteiger partial charge is 0.0763 e. The molecule has 0 saturated carbocycles. The molecule has 0 aliphatic rings. The molecule has 0 bridgehead atoms. The van der Waals surface area contributed by atoms with E-state index in [-0.39, 0.29) is 6.04 Å². The predicted octanol–water partition coefficient (Wildman–Crippen LogP) is 4.94. The molecule has 5 heteroatoms. The maximum Gasteiger partial charge on any atom is 0.0763 e. The van der Waals surface area contributed by atoms with E-state index in [4.69, 9.17) is 34.8 Å². The third-order valence-corrected chi connectivity index (χ3v) is 3.73. The van der Waals surface area contributed by atoms with Gasteiger partial charge in [-0.25, -0.2) is 0 Å². The predicted molar refractivity (Wildman–Crippen MR) is 85.8 cm³/mol. The lowest BCUT2D eigenvalue weighted by Gasteiger charge is -2.19. The maximum atomic E-state index is 6.24. The number of nitrogens with one attached hydrogen (secondary N) is 1. The minimum absolute atomic E-state index is 0.0472. The van der Waals surface area contributed by atoms with Gasteiger partial charge in [-0.05, 0) is 36.7 Å². The van der Waals surface area contributed by atoms with E-state index >= 15 is 0 Å². The first-order valence-corrected chi connectivity index (χ1v) is 7.52. The Morgan fingerprint density at radius 1 is 1.10 bits per heavy atom. The van der Waals surface area contributed by atoms with Gasteiger partial charge in [-0.1, -0.05) is 53.9 Å². The molecule has 0 aliphatic heterocycles. The van der Waals surface area contributed by atoms with Crippen LogP contribution in [-0.2, 0) is 6.42 Å². The normalized spacial score (nSPS) is 12.4. The number of benzene rings is 1. The first kappa shape index (κ1) is 15.6. The van der Waals surface area contributed by atoms with Crippen molar-refractivity contribution in [3.63, 3.8) is 0 Å². The second kappa shape index (κ2) is 7.28. The molecule has 1 N–H and O–H groups in total. The SMILES string of the molecule is CCNC(Cc1ccc(Cl)cc1)c1ncc(Cl)cc1Cl. The van der Waals surface area contributed by atoms with Crippen molar-refractivity contribution in [2.24, 2.45) is 0 Å². The molecule has 1 unspecified atom stereocenters. The fourth-order valence-electron chi connectivity index (χ4n) is 2.05. The number of hydrogen-bond acceptors (Lipinski definition) is 2. The highest BCUT2D eigenvalue weighted by molar-refractivity contribution is 6.34. The van der Waals surface area contributed by atoms with Crippen molar-refractivity contribution >= 4 is 34.8 Å². The minimum Gasteiger partial charge on any atom is -0.309 e. The molecule has 20 heavy (non-hydrogen) atoms. The average molecular weight is 330 g/mol. The summed E-state index contributed by atoms with van der Waals surface area (Å²) in [6.45, 7) is 2.89. The van der Waals surface area contributed by atoms with E-state index in [0.717, 1.165) is 23.7 Å². The number of pyridine rings is 1. The van der Waals surface area contributed by atoms with Gasteiger partial charge in [0.05, 0.1) is 21.8 Å². The summed E-state index contributed by atoms with van der Waals surface area (Å²) < 4.78 is 0. The van der Waals surface area contributed by atoms with Crippen LogP contribution >= 0.6 is 34.8 Å². The quantitative estimate of drug-likeness (QED) is 0.841. The van der Waals surface area contributed by atoms with Gasteiger partial charge < -0.3 is 5.32 Å². The second-order valence-corrected chi connectivity index (χ2v) is 5.74. The molecule has 0 spiro atoms. The van der Waals surface area contributed by atoms with E-state index in [2.05, 4.69) is 17.2 Å². The van der Waals surface area contributed by atoms with Gasteiger partial charge in [0, 0.05) is 11.2 Å². The van der Waals surface area contributed by atoms with Crippen molar-refractivity contribution < 1.29 is 0 Å². The average Bonchev–Trinajstić information content (AvgIpc) is 2.41. The largest absolute Gasteiger partial charge is 0.309 e. The summed E-state index contributed by atoms with van der Waals surface area (Å²) in [5.74, 6) is 0. The van der Waals surface area contributed by atoms with E-state index in [1.165, 1.54) is 5.56 Å². The maximum absolute atomic E-state index is 6.24. The van der Waals surface area contributed by atoms with Crippen molar-refractivity contribution in [2.45, 2.75) is 19.4 Å². The van der Waals surface area contributed by atoms with Crippen LogP contribution in [0.25, 0.3) is 0 Å². The van der Waals surface area contributed by atoms with Crippen LogP contribution < -0.4 is 5.32 Å². The zero-order chi connectivity index (χ0) is 14.5. The van der Waals surface area contributed by atoms with Crippen molar-refractivity contribution in [2.75, 3.05) is 6.54 Å². The Kier molecular flexibility index (Phi) is 5.67. The Balaban J connectivity index is 2.24. The number of hydrogen-bond donors (Lipinski definition) is 1. The van der Waals surface area contributed by atoms with Gasteiger partial charge in [0.15, 0.2) is 0 Å². The molecule has 1 aromatic carbocycles. The third kappa shape index (κ3) is 4.10. The topological polar surface area (TPSA) is 24.9 Å². The molecule has 0 saturated heterocycles. The molecule has 2 nitrogen and oxygen atoms in total. The summed E-state index contributed by atoms with van der Waals surface area (Å²) in [6.07, 6.45) is 2.41. The second-order valence-electron chi connectivity index (χ2n) is 4.46. The number of halogens is 3. The Hall–Kier alpha value is -0.800. The van der Waals surface area contributed by atoms with Gasteiger partial charge in [0.2, 0.25) is 0 Å². The van der Waals surface area contributed by atoms with E-state index in [1.54, 1.807) is 12.3 Å². The van der Waals surface area contributed by atoms with Crippen LogP contribution in [0.4, 0.5) is 0 Å². The van der Waals surface area contributed by atoms with Crippen LogP contribution in [-0.4, -0.2) is 11.5 Å². The van der Waals surface area contributed by atoms with E-state index < -0.39 is 0 Å². The van der Waals surface area contributed by atoms with Crippen molar-refractivity contribution in [1.29, 1.82) is 0 Å². The molecule has 0 amide bonds. The molecule has 1 atom stereocenters. The zero-order valence-electron chi connectivity index (χ0n) is 11.0. The first-order valence-electron chi connectivity index (χ1n) is 6.39. The summed E-state index contributed by atoms with van der Waals surface area (Å²) in [5.41, 5.74) is 1.99. The lowest BCUT2D eigenvalue weighted by atomic mass is 10.0. The van der Waals surface area contributed by atoms with Crippen LogP contribution in [0.1, 0.15) is 24.2 Å². The van der Waals surface area contributed by atoms with Crippen LogP contribution in [0.15, 0.2) is 36.5 Å². The van der Waals surface area contributed by atoms with Crippen molar-refractivity contribution in [3.05, 3.63) is 62.9 Å². The highest BCUT2D eigenvalue weighted by Crippen LogP contribution is 2.26. The van der Waals surface area contributed by atoms with Gasteiger partial charge in [-0.2, -0.15) is 0 Å². The van der Waals surface area contributed by atoms with Gasteiger partial charge in [0.25, 0.3) is 0 Å². The third-order valence-electron chi connectivity index (χ3n) is 2.97. The van der Waals surface area contributed by atoms with E-state index in [9.17, 15) is 0 Å². The van der Waals surface area contributed by atoms with Gasteiger partial charge in [0.1, 0.15) is 0 Å². The first-order chi connectivity index (χ1) is 9.60. The Labute approximate surface area is 134 Å². The number of rotatable bonds is 5. The van der Waals surface area contributed by atoms with Gasteiger partial charge >= 0.3 is 0 Å². The summed E-state index contributed by atoms with van der Waals surface area (Å²) >= 11 is 18.0. The lowest BCUT2D eigenvalue weighted by Crippen LogP contribution is -2.24. The lowest BCUT2D eigenvalue weighted by molar-refractivity contribution is 0.537.